The molecule has 1 aromatic rings. The Balaban J connectivity index is 3.13. The number of carbonyl (C=O) groups is 1. The number of hydrogen-bond donors (Lipinski definition) is 3. The maximum atomic E-state index is 10.8. The molecule has 0 aliphatic rings. The molecule has 1 aromatic carbocycles. The maximum Gasteiger partial charge on any atom is 0.221 e. The number of nitrogens with one attached hydrogen (secondary N) is 1. The van der Waals surface area contributed by atoms with Gasteiger partial charge in [-0.2, -0.15) is 0 Å². The molecule has 4 nitrogen and oxygen atoms in total. The fraction of sp³-hybridized carbons (Fsp3) is 0.222. The molecule has 0 saturated heterocycles. The Morgan fingerprint density at radius 3 is 2.46 bits per heavy atom. The normalized spacial score (nSPS) is 9.69. The van der Waals surface area contributed by atoms with Gasteiger partial charge in [0.25, 0.3) is 0 Å². The molecule has 0 fully saturated rings. The lowest BCUT2D eigenvalue weighted by Crippen LogP contribution is -2.09. The molecule has 0 bridgehead atoms. The van der Waals surface area contributed by atoms with Crippen LogP contribution in [0.25, 0.3) is 0 Å². The van der Waals surface area contributed by atoms with Crippen LogP contribution in [0.2, 0.25) is 0 Å². The monoisotopic (exact) mass is 179 g/mol. The standard InChI is InChI=1S/C9H13N3O/c1-5-3-7(10)4-8(11)9(5)12-6(2)13/h3-4H,10-11H2,1-2H3,(H,12,13). The van der Waals surface area contributed by atoms with Crippen LogP contribution in [0, 0.1) is 6.92 Å². The van der Waals surface area contributed by atoms with E-state index in [1.165, 1.54) is 6.92 Å². The molecule has 0 atom stereocenters. The minimum atomic E-state index is -0.139. The van der Waals surface area contributed by atoms with Gasteiger partial charge in [0, 0.05) is 12.6 Å². The van der Waals surface area contributed by atoms with Crippen LogP contribution in [0.4, 0.5) is 17.1 Å². The number of amides is 1. The zero-order chi connectivity index (χ0) is 10.0. The van der Waals surface area contributed by atoms with Crippen molar-refractivity contribution in [2.24, 2.45) is 0 Å². The highest BCUT2D eigenvalue weighted by Gasteiger charge is 2.05. The first-order valence-electron chi connectivity index (χ1n) is 3.94. The van der Waals surface area contributed by atoms with Gasteiger partial charge in [-0.25, -0.2) is 0 Å². The second kappa shape index (κ2) is 3.35. The van der Waals surface area contributed by atoms with Crippen molar-refractivity contribution in [2.75, 3.05) is 16.8 Å². The molecule has 0 aliphatic carbocycles. The van der Waals surface area contributed by atoms with Crippen LogP contribution in [0.3, 0.4) is 0 Å². The highest BCUT2D eigenvalue weighted by molar-refractivity contribution is 5.94. The first-order valence-corrected chi connectivity index (χ1v) is 3.94. The van der Waals surface area contributed by atoms with Gasteiger partial charge >= 0.3 is 0 Å². The zero-order valence-corrected chi connectivity index (χ0v) is 7.72. The summed E-state index contributed by atoms with van der Waals surface area (Å²) in [5, 5.41) is 2.65. The lowest BCUT2D eigenvalue weighted by Gasteiger charge is -2.10. The smallest absolute Gasteiger partial charge is 0.221 e. The predicted octanol–water partition coefficient (Wildman–Crippen LogP) is 1.12. The average Bonchev–Trinajstić information content (AvgIpc) is 1.96. The number of nitrogens with two attached hydrogens (primary N) is 2. The van der Waals surface area contributed by atoms with E-state index in [9.17, 15) is 4.79 Å². The minimum Gasteiger partial charge on any atom is -0.399 e. The zero-order valence-electron chi connectivity index (χ0n) is 7.72. The number of carbonyl (C=O) groups excluding carboxylic acids is 1. The second-order valence-electron chi connectivity index (χ2n) is 2.98. The van der Waals surface area contributed by atoms with Crippen molar-refractivity contribution in [3.63, 3.8) is 0 Å². The number of anilines is 3. The largest absolute Gasteiger partial charge is 0.399 e. The van der Waals surface area contributed by atoms with Crippen LogP contribution < -0.4 is 16.8 Å². The van der Waals surface area contributed by atoms with E-state index >= 15 is 0 Å². The topological polar surface area (TPSA) is 81.1 Å². The Morgan fingerprint density at radius 1 is 1.38 bits per heavy atom. The molecular weight excluding hydrogens is 166 g/mol. The fourth-order valence-electron chi connectivity index (χ4n) is 1.19. The Morgan fingerprint density at radius 2 is 2.00 bits per heavy atom. The molecule has 5 N–H and O–H groups in total. The third-order valence-electron chi connectivity index (χ3n) is 1.69. The average molecular weight is 179 g/mol. The molecule has 13 heavy (non-hydrogen) atoms. The Bertz CT molecular complexity index is 324. The molecule has 0 unspecified atom stereocenters. The highest BCUT2D eigenvalue weighted by Crippen LogP contribution is 2.25. The van der Waals surface area contributed by atoms with Crippen molar-refractivity contribution in [1.29, 1.82) is 0 Å². The molecule has 1 rings (SSSR count). The van der Waals surface area contributed by atoms with Gasteiger partial charge in [0.2, 0.25) is 5.91 Å². The van der Waals surface area contributed by atoms with Crippen molar-refractivity contribution in [3.05, 3.63) is 17.7 Å². The van der Waals surface area contributed by atoms with Gasteiger partial charge < -0.3 is 16.8 Å². The van der Waals surface area contributed by atoms with Crippen LogP contribution in [0.5, 0.6) is 0 Å². The van der Waals surface area contributed by atoms with E-state index < -0.39 is 0 Å². The SMILES string of the molecule is CC(=O)Nc1c(C)cc(N)cc1N. The van der Waals surface area contributed by atoms with E-state index in [1.807, 2.05) is 6.92 Å². The van der Waals surface area contributed by atoms with Gasteiger partial charge in [0.1, 0.15) is 0 Å². The third kappa shape index (κ3) is 2.11. The Kier molecular flexibility index (Phi) is 2.41. The summed E-state index contributed by atoms with van der Waals surface area (Å²) in [6, 6.07) is 3.39. The van der Waals surface area contributed by atoms with Gasteiger partial charge in [0.15, 0.2) is 0 Å². The van der Waals surface area contributed by atoms with Gasteiger partial charge in [-0.05, 0) is 24.6 Å². The molecule has 70 valence electrons. The lowest BCUT2D eigenvalue weighted by molar-refractivity contribution is -0.114. The first kappa shape index (κ1) is 9.38. The van der Waals surface area contributed by atoms with Crippen molar-refractivity contribution in [1.82, 2.24) is 0 Å². The molecule has 0 aliphatic heterocycles. The third-order valence-corrected chi connectivity index (χ3v) is 1.69. The number of aryl methyl sites for hydroxylation is 1. The predicted molar refractivity (Wildman–Crippen MR) is 54.3 cm³/mol. The van der Waals surface area contributed by atoms with E-state index in [0.29, 0.717) is 17.1 Å². The quantitative estimate of drug-likeness (QED) is 0.565. The van der Waals surface area contributed by atoms with Gasteiger partial charge in [-0.1, -0.05) is 0 Å². The molecule has 0 saturated carbocycles. The summed E-state index contributed by atoms with van der Waals surface area (Å²) >= 11 is 0. The molecule has 4 heteroatoms. The van der Waals surface area contributed by atoms with E-state index in [4.69, 9.17) is 11.5 Å². The number of benzene rings is 1. The van der Waals surface area contributed by atoms with Crippen molar-refractivity contribution >= 4 is 23.0 Å². The number of rotatable bonds is 1. The first-order chi connectivity index (χ1) is 6.00. The summed E-state index contributed by atoms with van der Waals surface area (Å²) in [5.41, 5.74) is 13.8. The molecular formula is C9H13N3O. The van der Waals surface area contributed by atoms with Crippen molar-refractivity contribution in [3.8, 4) is 0 Å². The number of hydrogen-bond acceptors (Lipinski definition) is 3. The fourth-order valence-corrected chi connectivity index (χ4v) is 1.19. The van der Waals surface area contributed by atoms with Crippen molar-refractivity contribution < 1.29 is 4.79 Å². The molecule has 0 aromatic heterocycles. The summed E-state index contributed by atoms with van der Waals surface area (Å²) in [6.07, 6.45) is 0. The molecule has 0 heterocycles. The summed E-state index contributed by atoms with van der Waals surface area (Å²) in [6.45, 7) is 3.28. The summed E-state index contributed by atoms with van der Waals surface area (Å²) in [7, 11) is 0. The number of nitrogen functional groups attached to an aromatic ring is 2. The minimum absolute atomic E-state index is 0.139. The van der Waals surface area contributed by atoms with Gasteiger partial charge in [-0.3, -0.25) is 4.79 Å². The van der Waals surface area contributed by atoms with Crippen LogP contribution in [-0.4, -0.2) is 5.91 Å². The molecule has 0 radical (unpaired) electrons. The maximum absolute atomic E-state index is 10.8. The second-order valence-corrected chi connectivity index (χ2v) is 2.98. The van der Waals surface area contributed by atoms with Gasteiger partial charge in [-0.15, -0.1) is 0 Å². The summed E-state index contributed by atoms with van der Waals surface area (Å²) in [4.78, 5) is 10.8. The van der Waals surface area contributed by atoms with Crippen LogP contribution in [0.15, 0.2) is 12.1 Å². The van der Waals surface area contributed by atoms with Gasteiger partial charge in [0.05, 0.1) is 11.4 Å². The van der Waals surface area contributed by atoms with Crippen molar-refractivity contribution in [2.45, 2.75) is 13.8 Å². The van der Waals surface area contributed by atoms with E-state index in [-0.39, 0.29) is 5.91 Å². The molecule has 0 spiro atoms. The molecule has 1 amide bonds. The van der Waals surface area contributed by atoms with E-state index in [0.717, 1.165) is 5.56 Å². The van der Waals surface area contributed by atoms with Crippen LogP contribution >= 0.6 is 0 Å². The highest BCUT2D eigenvalue weighted by atomic mass is 16.1. The summed E-state index contributed by atoms with van der Waals surface area (Å²) < 4.78 is 0. The van der Waals surface area contributed by atoms with Crippen LogP contribution in [0.1, 0.15) is 12.5 Å². The summed E-state index contributed by atoms with van der Waals surface area (Å²) in [5.74, 6) is -0.139. The van der Waals surface area contributed by atoms with E-state index in [1.54, 1.807) is 12.1 Å². The lowest BCUT2D eigenvalue weighted by atomic mass is 10.1. The van der Waals surface area contributed by atoms with E-state index in [2.05, 4.69) is 5.32 Å². The Labute approximate surface area is 76.9 Å². The Hall–Kier alpha value is -1.71. The van der Waals surface area contributed by atoms with Crippen LogP contribution in [-0.2, 0) is 4.79 Å².